The third kappa shape index (κ3) is 3.76. The van der Waals surface area contributed by atoms with E-state index in [-0.39, 0.29) is 11.9 Å². The molecule has 0 atom stereocenters. The maximum atomic E-state index is 12.0. The maximum absolute atomic E-state index is 12.0. The van der Waals surface area contributed by atoms with Crippen molar-refractivity contribution in [3.05, 3.63) is 29.5 Å². The first kappa shape index (κ1) is 15.8. The number of hydrogen-bond acceptors (Lipinski definition) is 5. The van der Waals surface area contributed by atoms with Crippen LogP contribution in [0.1, 0.15) is 38.3 Å². The molecule has 22 heavy (non-hydrogen) atoms. The molecule has 1 aromatic heterocycles. The van der Waals surface area contributed by atoms with Gasteiger partial charge in [0, 0.05) is 19.3 Å². The zero-order valence-electron chi connectivity index (χ0n) is 13.1. The average molecular weight is 300 g/mol. The number of carbonyl (C=O) groups excluding carboxylic acids is 1. The molecule has 0 spiro atoms. The van der Waals surface area contributed by atoms with Crippen molar-refractivity contribution in [2.45, 2.75) is 32.8 Å². The van der Waals surface area contributed by atoms with E-state index in [1.165, 1.54) is 0 Å². The number of nitrogens with two attached hydrogens (primary N) is 1. The Kier molecular flexibility index (Phi) is 4.36. The third-order valence-electron chi connectivity index (χ3n) is 3.27. The van der Waals surface area contributed by atoms with Gasteiger partial charge in [-0.3, -0.25) is 0 Å². The molecule has 6 nitrogen and oxygen atoms in total. The SMILES string of the molecule is CC(C)(C)OC(=O)N1CC=C(c2cnc(N)c(C#N)c2)CC1. The molecule has 0 unspecified atom stereocenters. The van der Waals surface area contributed by atoms with Gasteiger partial charge in [0.1, 0.15) is 17.5 Å². The summed E-state index contributed by atoms with van der Waals surface area (Å²) < 4.78 is 5.36. The van der Waals surface area contributed by atoms with E-state index in [0.29, 0.717) is 25.1 Å². The Morgan fingerprint density at radius 2 is 2.23 bits per heavy atom. The molecule has 1 aromatic rings. The topological polar surface area (TPSA) is 92.2 Å². The zero-order valence-corrected chi connectivity index (χ0v) is 13.1. The lowest BCUT2D eigenvalue weighted by Crippen LogP contribution is -2.39. The van der Waals surface area contributed by atoms with E-state index in [2.05, 4.69) is 4.98 Å². The van der Waals surface area contributed by atoms with Crippen LogP contribution < -0.4 is 5.73 Å². The molecule has 1 aliphatic rings. The molecule has 0 radical (unpaired) electrons. The lowest BCUT2D eigenvalue weighted by atomic mass is 10.00. The number of pyridine rings is 1. The van der Waals surface area contributed by atoms with Crippen LogP contribution in [0.15, 0.2) is 18.3 Å². The highest BCUT2D eigenvalue weighted by molar-refractivity contribution is 5.73. The van der Waals surface area contributed by atoms with Gasteiger partial charge in [0.2, 0.25) is 0 Å². The summed E-state index contributed by atoms with van der Waals surface area (Å²) in [6.45, 7) is 6.60. The number of carbonyl (C=O) groups is 1. The number of nitrogen functional groups attached to an aromatic ring is 1. The van der Waals surface area contributed by atoms with Crippen molar-refractivity contribution >= 4 is 17.5 Å². The highest BCUT2D eigenvalue weighted by atomic mass is 16.6. The van der Waals surface area contributed by atoms with Crippen LogP contribution in [0.5, 0.6) is 0 Å². The van der Waals surface area contributed by atoms with Gasteiger partial charge in [-0.25, -0.2) is 9.78 Å². The lowest BCUT2D eigenvalue weighted by Gasteiger charge is -2.29. The van der Waals surface area contributed by atoms with Crippen molar-refractivity contribution in [3.63, 3.8) is 0 Å². The fourth-order valence-electron chi connectivity index (χ4n) is 2.16. The summed E-state index contributed by atoms with van der Waals surface area (Å²) >= 11 is 0. The first-order valence-electron chi connectivity index (χ1n) is 7.13. The summed E-state index contributed by atoms with van der Waals surface area (Å²) in [6, 6.07) is 3.76. The summed E-state index contributed by atoms with van der Waals surface area (Å²) in [5.74, 6) is 0.234. The second-order valence-corrected chi connectivity index (χ2v) is 6.17. The molecule has 6 heteroatoms. The summed E-state index contributed by atoms with van der Waals surface area (Å²) in [6.07, 6.45) is 4.00. The minimum atomic E-state index is -0.496. The molecule has 2 N–H and O–H groups in total. The van der Waals surface area contributed by atoms with Crippen LogP contribution in [0.3, 0.4) is 0 Å². The number of nitrogens with zero attached hydrogens (tertiary/aromatic N) is 3. The van der Waals surface area contributed by atoms with Crippen molar-refractivity contribution in [1.82, 2.24) is 9.88 Å². The van der Waals surface area contributed by atoms with Gasteiger partial charge < -0.3 is 15.4 Å². The molecule has 2 heterocycles. The second kappa shape index (κ2) is 6.06. The van der Waals surface area contributed by atoms with Gasteiger partial charge in [-0.15, -0.1) is 0 Å². The Balaban J connectivity index is 2.09. The highest BCUT2D eigenvalue weighted by Crippen LogP contribution is 2.24. The molecule has 116 valence electrons. The molecule has 2 rings (SSSR count). The van der Waals surface area contributed by atoms with Crippen LogP contribution in [0.4, 0.5) is 10.6 Å². The van der Waals surface area contributed by atoms with Gasteiger partial charge in [0.05, 0.1) is 5.56 Å². The van der Waals surface area contributed by atoms with Crippen LogP contribution in [0, 0.1) is 11.3 Å². The molecule has 0 aliphatic carbocycles. The Labute approximate surface area is 130 Å². The minimum Gasteiger partial charge on any atom is -0.444 e. The van der Waals surface area contributed by atoms with E-state index >= 15 is 0 Å². The van der Waals surface area contributed by atoms with E-state index in [1.807, 2.05) is 32.9 Å². The van der Waals surface area contributed by atoms with E-state index in [0.717, 1.165) is 11.1 Å². The van der Waals surface area contributed by atoms with Crippen molar-refractivity contribution in [2.24, 2.45) is 0 Å². The van der Waals surface area contributed by atoms with Crippen LogP contribution in [0.25, 0.3) is 5.57 Å². The number of nitriles is 1. The Morgan fingerprint density at radius 3 is 2.77 bits per heavy atom. The van der Waals surface area contributed by atoms with Gasteiger partial charge in [-0.2, -0.15) is 5.26 Å². The van der Waals surface area contributed by atoms with Crippen LogP contribution in [0.2, 0.25) is 0 Å². The Bertz CT molecular complexity index is 653. The smallest absolute Gasteiger partial charge is 0.410 e. The zero-order chi connectivity index (χ0) is 16.3. The van der Waals surface area contributed by atoms with E-state index in [1.54, 1.807) is 17.2 Å². The summed E-state index contributed by atoms with van der Waals surface area (Å²) in [7, 11) is 0. The second-order valence-electron chi connectivity index (χ2n) is 6.17. The van der Waals surface area contributed by atoms with Gasteiger partial charge >= 0.3 is 6.09 Å². The van der Waals surface area contributed by atoms with Gasteiger partial charge in [-0.1, -0.05) is 6.08 Å². The van der Waals surface area contributed by atoms with E-state index in [4.69, 9.17) is 15.7 Å². The third-order valence-corrected chi connectivity index (χ3v) is 3.27. The first-order chi connectivity index (χ1) is 10.3. The molecule has 0 fully saturated rings. The molecule has 1 amide bonds. The normalized spacial score (nSPS) is 15.0. The molecule has 0 saturated carbocycles. The maximum Gasteiger partial charge on any atom is 0.410 e. The fraction of sp³-hybridized carbons (Fsp3) is 0.438. The number of ether oxygens (including phenoxy) is 1. The largest absolute Gasteiger partial charge is 0.444 e. The van der Waals surface area contributed by atoms with Crippen LogP contribution in [-0.4, -0.2) is 34.7 Å². The summed E-state index contributed by atoms with van der Waals surface area (Å²) in [5.41, 5.74) is 7.43. The van der Waals surface area contributed by atoms with Gasteiger partial charge in [0.25, 0.3) is 0 Å². The number of anilines is 1. The molecule has 0 bridgehead atoms. The Morgan fingerprint density at radius 1 is 1.50 bits per heavy atom. The average Bonchev–Trinajstić information content (AvgIpc) is 2.46. The molecule has 0 aromatic carbocycles. The predicted octanol–water partition coefficient (Wildman–Crippen LogP) is 2.56. The van der Waals surface area contributed by atoms with Crippen molar-refractivity contribution in [1.29, 1.82) is 5.26 Å². The van der Waals surface area contributed by atoms with Crippen LogP contribution in [-0.2, 0) is 4.74 Å². The quantitative estimate of drug-likeness (QED) is 0.860. The number of hydrogen-bond donors (Lipinski definition) is 1. The van der Waals surface area contributed by atoms with E-state index in [9.17, 15) is 4.79 Å². The van der Waals surface area contributed by atoms with Crippen LogP contribution >= 0.6 is 0 Å². The van der Waals surface area contributed by atoms with E-state index < -0.39 is 5.60 Å². The standard InChI is InChI=1S/C16H20N4O2/c1-16(2,3)22-15(21)20-6-4-11(5-7-20)13-8-12(9-17)14(18)19-10-13/h4,8,10H,5-7H2,1-3H3,(H2,18,19). The van der Waals surface area contributed by atoms with Crippen molar-refractivity contribution in [2.75, 3.05) is 18.8 Å². The van der Waals surface area contributed by atoms with Gasteiger partial charge in [0.15, 0.2) is 0 Å². The highest BCUT2D eigenvalue weighted by Gasteiger charge is 2.24. The molecular formula is C16H20N4O2. The van der Waals surface area contributed by atoms with Crippen molar-refractivity contribution < 1.29 is 9.53 Å². The number of rotatable bonds is 1. The first-order valence-corrected chi connectivity index (χ1v) is 7.13. The molecule has 0 saturated heterocycles. The fourth-order valence-corrected chi connectivity index (χ4v) is 2.16. The summed E-state index contributed by atoms with van der Waals surface area (Å²) in [4.78, 5) is 17.7. The van der Waals surface area contributed by atoms with Crippen molar-refractivity contribution in [3.8, 4) is 6.07 Å². The predicted molar refractivity (Wildman–Crippen MR) is 83.8 cm³/mol. The minimum absolute atomic E-state index is 0.234. The summed E-state index contributed by atoms with van der Waals surface area (Å²) in [5, 5.41) is 9.01. The molecular weight excluding hydrogens is 280 g/mol. The van der Waals surface area contributed by atoms with Gasteiger partial charge in [-0.05, 0) is 44.4 Å². The number of aromatic nitrogens is 1. The number of amides is 1. The molecule has 1 aliphatic heterocycles. The monoisotopic (exact) mass is 300 g/mol. The lowest BCUT2D eigenvalue weighted by molar-refractivity contribution is 0.0270. The Hall–Kier alpha value is -2.55.